The van der Waals surface area contributed by atoms with E-state index in [2.05, 4.69) is 13.8 Å². The van der Waals surface area contributed by atoms with E-state index in [1.807, 2.05) is 37.3 Å². The van der Waals surface area contributed by atoms with Crippen molar-refractivity contribution in [2.45, 2.75) is 40.2 Å². The van der Waals surface area contributed by atoms with Crippen LogP contribution >= 0.6 is 0 Å². The van der Waals surface area contributed by atoms with Gasteiger partial charge < -0.3 is 4.74 Å². The third kappa shape index (κ3) is 3.87. The van der Waals surface area contributed by atoms with Crippen molar-refractivity contribution in [2.24, 2.45) is 17.8 Å². The Morgan fingerprint density at radius 3 is 2.59 bits per heavy atom. The second-order valence-corrected chi connectivity index (χ2v) is 6.27. The molecule has 3 atom stereocenters. The molecule has 1 fully saturated rings. The Kier molecular flexibility index (Phi) is 5.58. The predicted octanol–water partition coefficient (Wildman–Crippen LogP) is 3.85. The van der Waals surface area contributed by atoms with Crippen molar-refractivity contribution in [3.05, 3.63) is 35.9 Å². The van der Waals surface area contributed by atoms with Crippen LogP contribution in [0.15, 0.2) is 30.3 Å². The van der Waals surface area contributed by atoms with Crippen LogP contribution in [-0.2, 0) is 16.1 Å². The van der Waals surface area contributed by atoms with Crippen molar-refractivity contribution in [2.75, 3.05) is 6.54 Å². The summed E-state index contributed by atoms with van der Waals surface area (Å²) in [6, 6.07) is 9.51. The van der Waals surface area contributed by atoms with E-state index < -0.39 is 6.09 Å². The molecular weight excluding hydrogens is 278 g/mol. The summed E-state index contributed by atoms with van der Waals surface area (Å²) in [5.74, 6) is 0.547. The van der Waals surface area contributed by atoms with E-state index in [4.69, 9.17) is 4.74 Å². The Morgan fingerprint density at radius 1 is 1.27 bits per heavy atom. The van der Waals surface area contributed by atoms with Gasteiger partial charge in [-0.1, -0.05) is 57.5 Å². The molecule has 2 unspecified atom stereocenters. The summed E-state index contributed by atoms with van der Waals surface area (Å²) in [5.41, 5.74) is 0.923. The van der Waals surface area contributed by atoms with Gasteiger partial charge in [-0.25, -0.2) is 9.69 Å². The zero-order chi connectivity index (χ0) is 16.1. The van der Waals surface area contributed by atoms with Crippen LogP contribution in [0.2, 0.25) is 0 Å². The van der Waals surface area contributed by atoms with Crippen molar-refractivity contribution < 1.29 is 14.3 Å². The average Bonchev–Trinajstić information content (AvgIpc) is 2.63. The number of rotatable bonds is 3. The van der Waals surface area contributed by atoms with Gasteiger partial charge >= 0.3 is 6.09 Å². The van der Waals surface area contributed by atoms with Gasteiger partial charge in [-0.15, -0.1) is 0 Å². The molecule has 0 bridgehead atoms. The van der Waals surface area contributed by atoms with Crippen LogP contribution in [-0.4, -0.2) is 23.4 Å². The van der Waals surface area contributed by atoms with Crippen molar-refractivity contribution >= 4 is 12.0 Å². The molecule has 0 spiro atoms. The summed E-state index contributed by atoms with van der Waals surface area (Å²) < 4.78 is 5.34. The molecule has 1 saturated heterocycles. The molecule has 2 amide bonds. The molecular formula is C18H25NO3. The lowest BCUT2D eigenvalue weighted by molar-refractivity contribution is -0.133. The Hall–Kier alpha value is -1.84. The topological polar surface area (TPSA) is 46.6 Å². The number of likely N-dealkylation sites (tertiary alicyclic amines) is 1. The first-order valence-corrected chi connectivity index (χ1v) is 8.05. The minimum Gasteiger partial charge on any atom is -0.444 e. The minimum absolute atomic E-state index is 0.110. The Morgan fingerprint density at radius 2 is 1.95 bits per heavy atom. The van der Waals surface area contributed by atoms with Crippen LogP contribution in [0.1, 0.15) is 39.2 Å². The summed E-state index contributed by atoms with van der Waals surface area (Å²) >= 11 is 0. The SMILES string of the molecule is CC[C@H]1CN(C(=O)OCc2ccccc2)C(=O)C(C)CC1C. The fraction of sp³-hybridized carbons (Fsp3) is 0.556. The molecule has 120 valence electrons. The first-order valence-electron chi connectivity index (χ1n) is 8.05. The maximum absolute atomic E-state index is 12.4. The summed E-state index contributed by atoms with van der Waals surface area (Å²) in [7, 11) is 0. The first kappa shape index (κ1) is 16.5. The lowest BCUT2D eigenvalue weighted by Gasteiger charge is -2.24. The summed E-state index contributed by atoms with van der Waals surface area (Å²) in [6.07, 6.45) is 1.27. The predicted molar refractivity (Wildman–Crippen MR) is 85.1 cm³/mol. The molecule has 1 aliphatic heterocycles. The Bertz CT molecular complexity index is 514. The number of hydrogen-bond acceptors (Lipinski definition) is 3. The Labute approximate surface area is 132 Å². The zero-order valence-electron chi connectivity index (χ0n) is 13.6. The van der Waals surface area contributed by atoms with Crippen LogP contribution in [0.3, 0.4) is 0 Å². The highest BCUT2D eigenvalue weighted by molar-refractivity contribution is 5.93. The van der Waals surface area contributed by atoms with Crippen LogP contribution in [0.4, 0.5) is 4.79 Å². The van der Waals surface area contributed by atoms with Crippen LogP contribution < -0.4 is 0 Å². The van der Waals surface area contributed by atoms with Crippen LogP contribution in [0.25, 0.3) is 0 Å². The number of carbonyl (C=O) groups is 2. The first-order chi connectivity index (χ1) is 10.5. The highest BCUT2D eigenvalue weighted by Gasteiger charge is 2.35. The molecule has 0 N–H and O–H groups in total. The molecule has 1 heterocycles. The molecule has 4 nitrogen and oxygen atoms in total. The number of benzene rings is 1. The van der Waals surface area contributed by atoms with E-state index in [0.29, 0.717) is 18.4 Å². The third-order valence-electron chi connectivity index (χ3n) is 4.58. The van der Waals surface area contributed by atoms with E-state index in [-0.39, 0.29) is 18.4 Å². The molecule has 0 saturated carbocycles. The van der Waals surface area contributed by atoms with Gasteiger partial charge in [0.15, 0.2) is 0 Å². The number of carbonyl (C=O) groups excluding carboxylic acids is 2. The van der Waals surface area contributed by atoms with Crippen molar-refractivity contribution in [3.8, 4) is 0 Å². The van der Waals surface area contributed by atoms with Gasteiger partial charge in [0.2, 0.25) is 5.91 Å². The quantitative estimate of drug-likeness (QED) is 0.852. The normalized spacial score (nSPS) is 25.7. The lowest BCUT2D eigenvalue weighted by atomic mass is 9.86. The van der Waals surface area contributed by atoms with E-state index in [1.54, 1.807) is 0 Å². The summed E-state index contributed by atoms with van der Waals surface area (Å²) in [4.78, 5) is 26.1. The lowest BCUT2D eigenvalue weighted by Crippen LogP contribution is -2.41. The maximum atomic E-state index is 12.4. The molecule has 1 aliphatic rings. The number of amides is 2. The van der Waals surface area contributed by atoms with Gasteiger partial charge in [-0.3, -0.25) is 4.79 Å². The molecule has 0 aromatic heterocycles. The van der Waals surface area contributed by atoms with Crippen molar-refractivity contribution in [3.63, 3.8) is 0 Å². The van der Waals surface area contributed by atoms with E-state index in [9.17, 15) is 9.59 Å². The maximum Gasteiger partial charge on any atom is 0.416 e. The fourth-order valence-corrected chi connectivity index (χ4v) is 3.11. The third-order valence-corrected chi connectivity index (χ3v) is 4.58. The zero-order valence-corrected chi connectivity index (χ0v) is 13.6. The summed E-state index contributed by atoms with van der Waals surface area (Å²) in [6.45, 7) is 6.83. The van der Waals surface area contributed by atoms with E-state index >= 15 is 0 Å². The molecule has 2 rings (SSSR count). The second-order valence-electron chi connectivity index (χ2n) is 6.27. The highest BCUT2D eigenvalue weighted by atomic mass is 16.6. The molecule has 1 aromatic carbocycles. The molecule has 0 aliphatic carbocycles. The smallest absolute Gasteiger partial charge is 0.416 e. The monoisotopic (exact) mass is 303 g/mol. The highest BCUT2D eigenvalue weighted by Crippen LogP contribution is 2.29. The van der Waals surface area contributed by atoms with Gasteiger partial charge in [-0.2, -0.15) is 0 Å². The molecule has 4 heteroatoms. The molecule has 22 heavy (non-hydrogen) atoms. The standard InChI is InChI=1S/C18H25NO3/c1-4-16-11-19(17(20)14(3)10-13(16)2)18(21)22-12-15-8-6-5-7-9-15/h5-9,13-14,16H,4,10-12H2,1-3H3/t13?,14?,16-/m0/s1. The molecule has 0 radical (unpaired) electrons. The van der Waals surface area contributed by atoms with Gasteiger partial charge in [-0.05, 0) is 23.8 Å². The number of ether oxygens (including phenoxy) is 1. The molecule has 1 aromatic rings. The number of nitrogens with zero attached hydrogens (tertiary/aromatic N) is 1. The second kappa shape index (κ2) is 7.43. The van der Waals surface area contributed by atoms with Crippen molar-refractivity contribution in [1.82, 2.24) is 4.90 Å². The van der Waals surface area contributed by atoms with Gasteiger partial charge in [0.1, 0.15) is 6.61 Å². The Balaban J connectivity index is 2.04. The fourth-order valence-electron chi connectivity index (χ4n) is 3.11. The van der Waals surface area contributed by atoms with Gasteiger partial charge in [0, 0.05) is 12.5 Å². The van der Waals surface area contributed by atoms with E-state index in [1.165, 1.54) is 4.90 Å². The van der Waals surface area contributed by atoms with Crippen LogP contribution in [0, 0.1) is 17.8 Å². The van der Waals surface area contributed by atoms with Gasteiger partial charge in [0.25, 0.3) is 0 Å². The number of hydrogen-bond donors (Lipinski definition) is 0. The van der Waals surface area contributed by atoms with Gasteiger partial charge in [0.05, 0.1) is 0 Å². The van der Waals surface area contributed by atoms with E-state index in [0.717, 1.165) is 18.4 Å². The van der Waals surface area contributed by atoms with Crippen LogP contribution in [0.5, 0.6) is 0 Å². The van der Waals surface area contributed by atoms with Crippen molar-refractivity contribution in [1.29, 1.82) is 0 Å². The summed E-state index contributed by atoms with van der Waals surface area (Å²) in [5, 5.41) is 0. The number of imide groups is 1. The largest absolute Gasteiger partial charge is 0.444 e. The minimum atomic E-state index is -0.520. The average molecular weight is 303 g/mol.